The van der Waals surface area contributed by atoms with Gasteiger partial charge in [-0.2, -0.15) is 0 Å². The predicted molar refractivity (Wildman–Crippen MR) is 126 cm³/mol. The molecule has 32 heavy (non-hydrogen) atoms. The topological polar surface area (TPSA) is 83.1 Å². The number of ether oxygens (including phenoxy) is 2. The van der Waals surface area contributed by atoms with Crippen molar-refractivity contribution in [3.63, 3.8) is 0 Å². The van der Waals surface area contributed by atoms with Crippen molar-refractivity contribution in [2.24, 2.45) is 5.92 Å². The second kappa shape index (κ2) is 11.0. The molecule has 0 bridgehead atoms. The summed E-state index contributed by atoms with van der Waals surface area (Å²) >= 11 is 3.41. The SMILES string of the molecule is O=C(NCc1ccc(Br)cc1)NC[C@H](CN1CCCC1)[C@H](O)c1ccc2c(c1)OCCO2. The number of rotatable bonds is 8. The molecule has 2 aliphatic heterocycles. The molecule has 2 aliphatic rings. The molecule has 2 atom stereocenters. The fourth-order valence-electron chi connectivity index (χ4n) is 4.16. The largest absolute Gasteiger partial charge is 0.486 e. The normalized spacial score (nSPS) is 17.6. The number of hydrogen-bond acceptors (Lipinski definition) is 5. The van der Waals surface area contributed by atoms with Gasteiger partial charge in [0.05, 0.1) is 6.10 Å². The first kappa shape index (κ1) is 22.9. The summed E-state index contributed by atoms with van der Waals surface area (Å²) in [7, 11) is 0. The lowest BCUT2D eigenvalue weighted by molar-refractivity contribution is 0.0845. The first-order valence-electron chi connectivity index (χ1n) is 11.1. The number of carbonyl (C=O) groups is 1. The van der Waals surface area contributed by atoms with Crippen molar-refractivity contribution < 1.29 is 19.4 Å². The Kier molecular flexibility index (Phi) is 7.89. The second-order valence-electron chi connectivity index (χ2n) is 8.31. The highest BCUT2D eigenvalue weighted by atomic mass is 79.9. The van der Waals surface area contributed by atoms with Crippen molar-refractivity contribution in [1.82, 2.24) is 15.5 Å². The van der Waals surface area contributed by atoms with Crippen LogP contribution in [0, 0.1) is 5.92 Å². The number of amides is 2. The Hall–Kier alpha value is -2.29. The first-order valence-corrected chi connectivity index (χ1v) is 11.9. The molecule has 0 aliphatic carbocycles. The van der Waals surface area contributed by atoms with E-state index >= 15 is 0 Å². The first-order chi connectivity index (χ1) is 15.6. The summed E-state index contributed by atoms with van der Waals surface area (Å²) < 4.78 is 12.3. The van der Waals surface area contributed by atoms with Crippen LogP contribution in [0.2, 0.25) is 0 Å². The number of urea groups is 1. The number of nitrogens with one attached hydrogen (secondary N) is 2. The summed E-state index contributed by atoms with van der Waals surface area (Å²) in [6.45, 7) is 4.64. The molecular formula is C24H30BrN3O4. The molecule has 0 aromatic heterocycles. The summed E-state index contributed by atoms with van der Waals surface area (Å²) in [5, 5.41) is 17.0. The number of aliphatic hydroxyl groups excluding tert-OH is 1. The number of nitrogens with zero attached hydrogens (tertiary/aromatic N) is 1. The highest BCUT2D eigenvalue weighted by Crippen LogP contribution is 2.34. The Morgan fingerprint density at radius 2 is 1.75 bits per heavy atom. The van der Waals surface area contributed by atoms with Gasteiger partial charge >= 0.3 is 6.03 Å². The van der Waals surface area contributed by atoms with Crippen LogP contribution >= 0.6 is 15.9 Å². The van der Waals surface area contributed by atoms with Gasteiger partial charge in [0.25, 0.3) is 0 Å². The van der Waals surface area contributed by atoms with Gasteiger partial charge < -0.3 is 30.1 Å². The molecule has 0 saturated carbocycles. The molecule has 0 spiro atoms. The van der Waals surface area contributed by atoms with Crippen LogP contribution < -0.4 is 20.1 Å². The zero-order valence-corrected chi connectivity index (χ0v) is 19.6. The zero-order valence-electron chi connectivity index (χ0n) is 18.1. The van der Waals surface area contributed by atoms with Gasteiger partial charge in [0.1, 0.15) is 13.2 Å². The molecule has 3 N–H and O–H groups in total. The quantitative estimate of drug-likeness (QED) is 0.513. The Morgan fingerprint density at radius 3 is 2.50 bits per heavy atom. The van der Waals surface area contributed by atoms with Gasteiger partial charge in [-0.05, 0) is 61.3 Å². The average molecular weight is 504 g/mol. The number of aliphatic hydroxyl groups is 1. The highest BCUT2D eigenvalue weighted by molar-refractivity contribution is 9.10. The van der Waals surface area contributed by atoms with E-state index in [1.54, 1.807) is 0 Å². The fraction of sp³-hybridized carbons (Fsp3) is 0.458. The van der Waals surface area contributed by atoms with Crippen LogP contribution in [0.5, 0.6) is 11.5 Å². The van der Waals surface area contributed by atoms with E-state index in [1.165, 1.54) is 12.8 Å². The van der Waals surface area contributed by atoms with E-state index in [-0.39, 0.29) is 11.9 Å². The summed E-state index contributed by atoms with van der Waals surface area (Å²) in [5.41, 5.74) is 1.80. The minimum atomic E-state index is -0.724. The lowest BCUT2D eigenvalue weighted by Gasteiger charge is -2.29. The van der Waals surface area contributed by atoms with Crippen LogP contribution in [-0.4, -0.2) is 55.4 Å². The van der Waals surface area contributed by atoms with Gasteiger partial charge in [-0.15, -0.1) is 0 Å². The Morgan fingerprint density at radius 1 is 1.03 bits per heavy atom. The van der Waals surface area contributed by atoms with Crippen molar-refractivity contribution in [1.29, 1.82) is 0 Å². The molecular weight excluding hydrogens is 474 g/mol. The molecule has 2 aromatic carbocycles. The van der Waals surface area contributed by atoms with Crippen molar-refractivity contribution in [2.45, 2.75) is 25.5 Å². The molecule has 0 radical (unpaired) electrons. The van der Waals surface area contributed by atoms with Gasteiger partial charge in [-0.3, -0.25) is 0 Å². The minimum absolute atomic E-state index is 0.144. The van der Waals surface area contributed by atoms with Crippen LogP contribution in [0.15, 0.2) is 46.9 Å². The lowest BCUT2D eigenvalue weighted by atomic mass is 9.94. The molecule has 2 aromatic rings. The molecule has 1 saturated heterocycles. The van der Waals surface area contributed by atoms with Crippen molar-refractivity contribution in [3.05, 3.63) is 58.1 Å². The van der Waals surface area contributed by atoms with E-state index in [2.05, 4.69) is 31.5 Å². The Labute approximate surface area is 197 Å². The Bertz CT molecular complexity index is 903. The van der Waals surface area contributed by atoms with E-state index < -0.39 is 6.10 Å². The van der Waals surface area contributed by atoms with E-state index in [0.29, 0.717) is 37.8 Å². The number of halogens is 1. The average Bonchev–Trinajstić information content (AvgIpc) is 3.34. The number of likely N-dealkylation sites (tertiary alicyclic amines) is 1. The number of carbonyl (C=O) groups excluding carboxylic acids is 1. The monoisotopic (exact) mass is 503 g/mol. The van der Waals surface area contributed by atoms with Crippen molar-refractivity contribution in [3.8, 4) is 11.5 Å². The third-order valence-electron chi connectivity index (χ3n) is 5.94. The zero-order chi connectivity index (χ0) is 22.3. The number of benzene rings is 2. The summed E-state index contributed by atoms with van der Waals surface area (Å²) in [5.74, 6) is 1.22. The molecule has 1 fully saturated rings. The summed E-state index contributed by atoms with van der Waals surface area (Å²) in [6.07, 6.45) is 1.63. The lowest BCUT2D eigenvalue weighted by Crippen LogP contribution is -2.42. The van der Waals surface area contributed by atoms with E-state index in [4.69, 9.17) is 9.47 Å². The number of fused-ring (bicyclic) bond motifs is 1. The summed E-state index contributed by atoms with van der Waals surface area (Å²) in [4.78, 5) is 14.8. The molecule has 172 valence electrons. The van der Waals surface area contributed by atoms with Crippen LogP contribution in [0.4, 0.5) is 4.79 Å². The van der Waals surface area contributed by atoms with Crippen LogP contribution in [0.3, 0.4) is 0 Å². The molecule has 7 nitrogen and oxygen atoms in total. The second-order valence-corrected chi connectivity index (χ2v) is 9.22. The van der Waals surface area contributed by atoms with E-state index in [9.17, 15) is 9.90 Å². The molecule has 2 amide bonds. The molecule has 0 unspecified atom stereocenters. The standard InChI is InChI=1S/C24H30BrN3O4/c25-20-6-3-17(4-7-20)14-26-24(30)27-15-19(16-28-9-1-2-10-28)23(29)18-5-8-21-22(13-18)32-12-11-31-21/h3-8,13,19,23,29H,1-2,9-12,14-16H2,(H2,26,27,30)/t19-,23-/m1/s1. The summed E-state index contributed by atoms with van der Waals surface area (Å²) in [6, 6.07) is 13.2. The van der Waals surface area contributed by atoms with Crippen LogP contribution in [0.25, 0.3) is 0 Å². The molecule has 2 heterocycles. The highest BCUT2D eigenvalue weighted by Gasteiger charge is 2.27. The van der Waals surface area contributed by atoms with E-state index in [1.807, 2.05) is 42.5 Å². The van der Waals surface area contributed by atoms with Crippen LogP contribution in [0.1, 0.15) is 30.1 Å². The maximum Gasteiger partial charge on any atom is 0.315 e. The van der Waals surface area contributed by atoms with Gasteiger partial charge in [0.2, 0.25) is 0 Å². The smallest absolute Gasteiger partial charge is 0.315 e. The predicted octanol–water partition coefficient (Wildman–Crippen LogP) is 3.47. The molecule has 4 rings (SSSR count). The third-order valence-corrected chi connectivity index (χ3v) is 6.47. The van der Waals surface area contributed by atoms with Gasteiger partial charge in [-0.1, -0.05) is 34.1 Å². The minimum Gasteiger partial charge on any atom is -0.486 e. The van der Waals surface area contributed by atoms with Gasteiger partial charge in [0, 0.05) is 30.0 Å². The Balaban J connectivity index is 1.37. The van der Waals surface area contributed by atoms with Gasteiger partial charge in [-0.25, -0.2) is 4.79 Å². The maximum absolute atomic E-state index is 12.4. The van der Waals surface area contributed by atoms with Crippen molar-refractivity contribution >= 4 is 22.0 Å². The fourth-order valence-corrected chi connectivity index (χ4v) is 4.42. The number of hydrogen-bond donors (Lipinski definition) is 3. The van der Waals surface area contributed by atoms with Crippen molar-refractivity contribution in [2.75, 3.05) is 39.4 Å². The van der Waals surface area contributed by atoms with Gasteiger partial charge in [0.15, 0.2) is 11.5 Å². The third kappa shape index (κ3) is 6.15. The molecule has 8 heteroatoms. The van der Waals surface area contributed by atoms with Crippen LogP contribution in [-0.2, 0) is 6.54 Å². The maximum atomic E-state index is 12.4. The van der Waals surface area contributed by atoms with E-state index in [0.717, 1.165) is 35.2 Å².